The molecule has 3 aromatic rings. The first-order valence-electron chi connectivity index (χ1n) is 14.6. The summed E-state index contributed by atoms with van der Waals surface area (Å²) >= 11 is 0. The molecule has 0 atom stereocenters. The highest BCUT2D eigenvalue weighted by Crippen LogP contribution is 2.14. The summed E-state index contributed by atoms with van der Waals surface area (Å²) in [6.45, 7) is 3.48. The van der Waals surface area contributed by atoms with Gasteiger partial charge in [0.2, 0.25) is 5.91 Å². The van der Waals surface area contributed by atoms with Crippen LogP contribution in [0.25, 0.3) is 5.69 Å². The van der Waals surface area contributed by atoms with Crippen LogP contribution in [0, 0.1) is 0 Å². The third-order valence-corrected chi connectivity index (χ3v) is 7.47. The molecule has 0 radical (unpaired) electrons. The Morgan fingerprint density at radius 1 is 0.739 bits per heavy atom. The molecular weight excluding hydrogens is 596 g/mol. The number of aromatic nitrogens is 2. The van der Waals surface area contributed by atoms with Gasteiger partial charge in [0.05, 0.1) is 18.4 Å². The molecule has 2 saturated heterocycles. The predicted octanol–water partition coefficient (Wildman–Crippen LogP) is 1.33. The van der Waals surface area contributed by atoms with E-state index < -0.39 is 12.2 Å². The lowest BCUT2D eigenvalue weighted by Crippen LogP contribution is -2.52. The number of rotatable bonds is 6. The number of aliphatic imine (C=N–C) groups is 1. The first kappa shape index (κ1) is 33.1. The molecule has 2 aliphatic heterocycles. The molecule has 2 aromatic carbocycles. The molecule has 2 aliphatic rings. The van der Waals surface area contributed by atoms with Gasteiger partial charge in [-0.05, 0) is 35.4 Å². The number of hydrogen-bond acceptors (Lipinski definition) is 6. The normalized spacial score (nSPS) is 14.5. The Balaban J connectivity index is 0.000000209. The molecule has 3 heterocycles. The van der Waals surface area contributed by atoms with Crippen molar-refractivity contribution in [2.24, 2.45) is 16.5 Å². The predicted molar refractivity (Wildman–Crippen MR) is 169 cm³/mol. The van der Waals surface area contributed by atoms with Gasteiger partial charge in [0.25, 0.3) is 0 Å². The summed E-state index contributed by atoms with van der Waals surface area (Å²) in [5.74, 6) is 0.0250. The highest BCUT2D eigenvalue weighted by molar-refractivity contribution is 5.80. The topological polar surface area (TPSA) is 216 Å². The second-order valence-corrected chi connectivity index (χ2v) is 10.6. The summed E-state index contributed by atoms with van der Waals surface area (Å²) < 4.78 is 1.90. The number of nitrogens with one attached hydrogen (secondary N) is 1. The van der Waals surface area contributed by atoms with Crippen LogP contribution in [0.3, 0.4) is 0 Å². The van der Waals surface area contributed by atoms with Gasteiger partial charge in [0.1, 0.15) is 0 Å². The number of benzene rings is 2. The lowest BCUT2D eigenvalue weighted by Gasteiger charge is -2.33. The SMILES string of the molecule is NC(N)=Nc1ccc(CNC(=O)N2CCN(C(=O)O)CC2)cc1.O=C(O)N1CCN(C(=O)Cc2ccc(-n3ccnc3)cc2)CC1. The molecule has 244 valence electrons. The van der Waals surface area contributed by atoms with Crippen molar-refractivity contribution in [3.63, 3.8) is 0 Å². The lowest BCUT2D eigenvalue weighted by atomic mass is 10.1. The first-order chi connectivity index (χ1) is 22.1. The fourth-order valence-corrected chi connectivity index (χ4v) is 4.86. The monoisotopic (exact) mass is 634 g/mol. The number of hydrogen-bond donors (Lipinski definition) is 5. The summed E-state index contributed by atoms with van der Waals surface area (Å²) in [5.41, 5.74) is 14.1. The second kappa shape index (κ2) is 15.8. The fraction of sp³-hybridized carbons (Fsp3) is 0.333. The number of nitrogens with two attached hydrogens (primary N) is 2. The molecule has 0 saturated carbocycles. The van der Waals surface area contributed by atoms with E-state index in [0.29, 0.717) is 71.0 Å². The Bertz CT molecular complexity index is 1490. The van der Waals surface area contributed by atoms with Crippen LogP contribution in [0.5, 0.6) is 0 Å². The van der Waals surface area contributed by atoms with Gasteiger partial charge in [0, 0.05) is 77.0 Å². The summed E-state index contributed by atoms with van der Waals surface area (Å²) in [7, 11) is 0. The van der Waals surface area contributed by atoms with Crippen molar-refractivity contribution in [3.05, 3.63) is 78.4 Å². The average molecular weight is 635 g/mol. The van der Waals surface area contributed by atoms with Crippen molar-refractivity contribution < 1.29 is 29.4 Å². The zero-order valence-electron chi connectivity index (χ0n) is 25.2. The van der Waals surface area contributed by atoms with Gasteiger partial charge in [-0.1, -0.05) is 24.3 Å². The Hall–Kier alpha value is -5.80. The zero-order valence-corrected chi connectivity index (χ0v) is 25.2. The third kappa shape index (κ3) is 9.60. The minimum atomic E-state index is -0.953. The first-order valence-corrected chi connectivity index (χ1v) is 14.6. The van der Waals surface area contributed by atoms with Gasteiger partial charge >= 0.3 is 18.2 Å². The van der Waals surface area contributed by atoms with E-state index in [0.717, 1.165) is 16.8 Å². The number of carboxylic acid groups (broad SMARTS) is 2. The molecule has 0 spiro atoms. The standard InChI is InChI=1S/C16H18N4O3.C14H20N6O3/c21-15(18-7-9-19(10-8-18)16(22)23)11-13-1-3-14(4-2-13)20-6-5-17-12-20;15-12(16)18-11-3-1-10(2-4-11)9-17-13(21)19-5-7-20(8-6-19)14(22)23/h1-6,12H,7-11H2,(H,22,23);1-4H,5-9H2,(H,17,21)(H,22,23)(H4,15,16,18). The Labute approximate surface area is 265 Å². The highest BCUT2D eigenvalue weighted by Gasteiger charge is 2.24. The molecular formula is C30H38N10O6. The molecule has 7 N–H and O–H groups in total. The van der Waals surface area contributed by atoms with Crippen LogP contribution in [0.1, 0.15) is 11.1 Å². The summed E-state index contributed by atoms with van der Waals surface area (Å²) in [6.07, 6.45) is 3.76. The van der Waals surface area contributed by atoms with Crippen molar-refractivity contribution in [3.8, 4) is 5.69 Å². The van der Waals surface area contributed by atoms with E-state index in [1.807, 2.05) is 47.2 Å². The molecule has 16 heteroatoms. The van der Waals surface area contributed by atoms with Crippen LogP contribution in [-0.4, -0.2) is 122 Å². The largest absolute Gasteiger partial charge is 0.465 e. The number of imidazole rings is 1. The van der Waals surface area contributed by atoms with Crippen molar-refractivity contribution in [1.82, 2.24) is 34.5 Å². The van der Waals surface area contributed by atoms with Crippen molar-refractivity contribution >= 4 is 35.8 Å². The van der Waals surface area contributed by atoms with E-state index in [2.05, 4.69) is 15.3 Å². The second-order valence-electron chi connectivity index (χ2n) is 10.6. The number of carbonyl (C=O) groups is 4. The van der Waals surface area contributed by atoms with E-state index in [9.17, 15) is 19.2 Å². The van der Waals surface area contributed by atoms with Crippen LogP contribution in [0.4, 0.5) is 20.1 Å². The van der Waals surface area contributed by atoms with Gasteiger partial charge in [0.15, 0.2) is 5.96 Å². The van der Waals surface area contributed by atoms with Gasteiger partial charge in [-0.3, -0.25) is 4.79 Å². The Kier molecular flexibility index (Phi) is 11.4. The molecule has 0 unspecified atom stereocenters. The van der Waals surface area contributed by atoms with E-state index in [4.69, 9.17) is 21.7 Å². The van der Waals surface area contributed by atoms with Crippen LogP contribution in [-0.2, 0) is 17.8 Å². The van der Waals surface area contributed by atoms with E-state index in [1.54, 1.807) is 34.5 Å². The van der Waals surface area contributed by atoms with Crippen LogP contribution in [0.2, 0.25) is 0 Å². The molecule has 16 nitrogen and oxygen atoms in total. The molecule has 2 fully saturated rings. The smallest absolute Gasteiger partial charge is 0.407 e. The summed E-state index contributed by atoms with van der Waals surface area (Å²) in [5, 5.41) is 20.6. The minimum Gasteiger partial charge on any atom is -0.465 e. The Morgan fingerprint density at radius 2 is 1.26 bits per heavy atom. The number of urea groups is 1. The molecule has 0 bridgehead atoms. The zero-order chi connectivity index (χ0) is 33.1. The van der Waals surface area contributed by atoms with Crippen LogP contribution in [0.15, 0.2) is 72.2 Å². The molecule has 5 amide bonds. The average Bonchev–Trinajstić information content (AvgIpc) is 3.60. The summed E-state index contributed by atoms with van der Waals surface area (Å²) in [4.78, 5) is 59.9. The van der Waals surface area contributed by atoms with E-state index >= 15 is 0 Å². The van der Waals surface area contributed by atoms with Crippen LogP contribution < -0.4 is 16.8 Å². The van der Waals surface area contributed by atoms with Crippen molar-refractivity contribution in [1.29, 1.82) is 0 Å². The van der Waals surface area contributed by atoms with Gasteiger partial charge < -0.3 is 51.2 Å². The van der Waals surface area contributed by atoms with Crippen molar-refractivity contribution in [2.75, 3.05) is 52.4 Å². The number of carbonyl (C=O) groups excluding carboxylic acids is 2. The number of amides is 5. The number of nitrogens with zero attached hydrogens (tertiary/aromatic N) is 7. The lowest BCUT2D eigenvalue weighted by molar-refractivity contribution is -0.132. The number of guanidine groups is 1. The highest BCUT2D eigenvalue weighted by atomic mass is 16.4. The quantitative estimate of drug-likeness (QED) is 0.195. The minimum absolute atomic E-state index is 0.00782. The molecule has 5 rings (SSSR count). The van der Waals surface area contributed by atoms with Gasteiger partial charge in [-0.2, -0.15) is 0 Å². The fourth-order valence-electron chi connectivity index (χ4n) is 4.86. The number of piperazine rings is 2. The third-order valence-electron chi connectivity index (χ3n) is 7.47. The van der Waals surface area contributed by atoms with E-state index in [1.165, 1.54) is 9.80 Å². The van der Waals surface area contributed by atoms with Gasteiger partial charge in [-0.25, -0.2) is 24.4 Å². The maximum absolute atomic E-state index is 12.3. The molecule has 0 aliphatic carbocycles. The maximum atomic E-state index is 12.3. The van der Waals surface area contributed by atoms with Gasteiger partial charge in [-0.15, -0.1) is 0 Å². The Morgan fingerprint density at radius 3 is 1.76 bits per heavy atom. The van der Waals surface area contributed by atoms with Crippen LogP contribution >= 0.6 is 0 Å². The maximum Gasteiger partial charge on any atom is 0.407 e. The van der Waals surface area contributed by atoms with Crippen molar-refractivity contribution in [2.45, 2.75) is 13.0 Å². The molecule has 46 heavy (non-hydrogen) atoms. The van der Waals surface area contributed by atoms with E-state index in [-0.39, 0.29) is 17.9 Å². The summed E-state index contributed by atoms with van der Waals surface area (Å²) in [6, 6.07) is 14.7. The molecule has 1 aromatic heterocycles.